The molecule has 0 aromatic heterocycles. The number of phenolic OH excluding ortho intramolecular Hbond substituents is 1. The van der Waals surface area contributed by atoms with Gasteiger partial charge in [0.15, 0.2) is 0 Å². The van der Waals surface area contributed by atoms with Crippen molar-refractivity contribution in [3.63, 3.8) is 0 Å². The van der Waals surface area contributed by atoms with Gasteiger partial charge in [0.1, 0.15) is 5.75 Å². The monoisotopic (exact) mass is 320 g/mol. The maximum atomic E-state index is 11.2. The fourth-order valence-electron chi connectivity index (χ4n) is 1.23. The van der Waals surface area contributed by atoms with E-state index in [0.717, 1.165) is 15.6 Å². The van der Waals surface area contributed by atoms with Gasteiger partial charge in [-0.1, -0.05) is 34.7 Å². The summed E-state index contributed by atoms with van der Waals surface area (Å²) in [6.07, 6.45) is 0.262. The first kappa shape index (κ1) is 12.3. The normalized spacial score (nSPS) is 10.0. The van der Waals surface area contributed by atoms with Crippen LogP contribution in [0.25, 0.3) is 0 Å². The third-order valence-corrected chi connectivity index (χ3v) is 2.76. The second-order valence-electron chi connectivity index (χ2n) is 3.08. The van der Waals surface area contributed by atoms with Gasteiger partial charge in [0.2, 0.25) is 0 Å². The molecule has 4 heteroatoms. The van der Waals surface area contributed by atoms with Gasteiger partial charge < -0.3 is 9.84 Å². The third-order valence-electron chi connectivity index (χ3n) is 1.94. The van der Waals surface area contributed by atoms with Crippen LogP contribution < -0.4 is 0 Å². The van der Waals surface area contributed by atoms with E-state index in [2.05, 4.69) is 22.6 Å². The van der Waals surface area contributed by atoms with E-state index in [4.69, 9.17) is 4.74 Å². The number of rotatable bonds is 4. The first-order valence-corrected chi connectivity index (χ1v) is 6.22. The highest BCUT2D eigenvalue weighted by Gasteiger charge is 2.06. The summed E-state index contributed by atoms with van der Waals surface area (Å²) in [7, 11) is 0. The van der Waals surface area contributed by atoms with Crippen LogP contribution in [0.5, 0.6) is 5.75 Å². The predicted octanol–water partition coefficient (Wildman–Crippen LogP) is 2.43. The van der Waals surface area contributed by atoms with Crippen molar-refractivity contribution in [1.29, 1.82) is 0 Å². The Morgan fingerprint density at radius 2 is 2.27 bits per heavy atom. The summed E-state index contributed by atoms with van der Waals surface area (Å²) in [4.78, 5) is 11.2. The molecule has 0 unspecified atom stereocenters. The molecular formula is C11H13IO3. The smallest absolute Gasteiger partial charge is 0.310 e. The minimum absolute atomic E-state index is 0.234. The predicted molar refractivity (Wildman–Crippen MR) is 66.2 cm³/mol. The Morgan fingerprint density at radius 3 is 2.87 bits per heavy atom. The highest BCUT2D eigenvalue weighted by atomic mass is 127. The van der Waals surface area contributed by atoms with Gasteiger partial charge in [-0.2, -0.15) is 0 Å². The van der Waals surface area contributed by atoms with E-state index in [1.165, 1.54) is 0 Å². The number of phenols is 1. The van der Waals surface area contributed by atoms with E-state index in [1.54, 1.807) is 19.1 Å². The second kappa shape index (κ2) is 5.95. The van der Waals surface area contributed by atoms with Gasteiger partial charge >= 0.3 is 5.97 Å². The molecule has 0 fully saturated rings. The molecule has 0 atom stereocenters. The summed E-state index contributed by atoms with van der Waals surface area (Å²) >= 11 is 2.17. The summed E-state index contributed by atoms with van der Waals surface area (Å²) in [6, 6.07) is 5.18. The molecule has 1 aromatic rings. The molecule has 82 valence electrons. The largest absolute Gasteiger partial charge is 0.508 e. The number of alkyl halides is 1. The van der Waals surface area contributed by atoms with Crippen LogP contribution in [0.2, 0.25) is 0 Å². The van der Waals surface area contributed by atoms with Crippen LogP contribution in [0.15, 0.2) is 18.2 Å². The lowest BCUT2D eigenvalue weighted by atomic mass is 10.1. The Balaban J connectivity index is 2.74. The van der Waals surface area contributed by atoms with E-state index in [-0.39, 0.29) is 18.1 Å². The van der Waals surface area contributed by atoms with Gasteiger partial charge in [-0.05, 0) is 18.6 Å². The molecule has 0 heterocycles. The third kappa shape index (κ3) is 3.70. The first-order chi connectivity index (χ1) is 7.17. The van der Waals surface area contributed by atoms with Gasteiger partial charge in [-0.25, -0.2) is 0 Å². The van der Waals surface area contributed by atoms with E-state index >= 15 is 0 Å². The van der Waals surface area contributed by atoms with Crippen LogP contribution in [0.1, 0.15) is 18.1 Å². The van der Waals surface area contributed by atoms with E-state index in [9.17, 15) is 9.90 Å². The topological polar surface area (TPSA) is 46.5 Å². The number of carbonyl (C=O) groups excluding carboxylic acids is 1. The lowest BCUT2D eigenvalue weighted by Gasteiger charge is -2.05. The number of aromatic hydroxyl groups is 1. The lowest BCUT2D eigenvalue weighted by molar-refractivity contribution is -0.142. The fraction of sp³-hybridized carbons (Fsp3) is 0.364. The Kier molecular flexibility index (Phi) is 4.87. The molecule has 15 heavy (non-hydrogen) atoms. The second-order valence-corrected chi connectivity index (χ2v) is 3.84. The number of esters is 1. The molecule has 1 aromatic carbocycles. The Morgan fingerprint density at radius 1 is 1.53 bits per heavy atom. The average molecular weight is 320 g/mol. The lowest BCUT2D eigenvalue weighted by Crippen LogP contribution is -2.07. The number of halogens is 1. The minimum Gasteiger partial charge on any atom is -0.508 e. The summed E-state index contributed by atoms with van der Waals surface area (Å²) in [5, 5.41) is 9.45. The number of benzene rings is 1. The number of ether oxygens (including phenoxy) is 1. The number of hydrogen-bond acceptors (Lipinski definition) is 3. The van der Waals surface area contributed by atoms with Gasteiger partial charge in [0.25, 0.3) is 0 Å². The van der Waals surface area contributed by atoms with Crippen molar-refractivity contribution in [2.75, 3.05) is 6.61 Å². The van der Waals surface area contributed by atoms with Crippen molar-refractivity contribution in [3.8, 4) is 5.75 Å². The summed E-state index contributed by atoms with van der Waals surface area (Å²) in [5.41, 5.74) is 1.72. The molecule has 3 nitrogen and oxygen atoms in total. The highest BCUT2D eigenvalue weighted by Crippen LogP contribution is 2.21. The summed E-state index contributed by atoms with van der Waals surface area (Å²) in [6.45, 7) is 2.18. The van der Waals surface area contributed by atoms with E-state index < -0.39 is 0 Å². The zero-order valence-electron chi connectivity index (χ0n) is 8.50. The first-order valence-electron chi connectivity index (χ1n) is 4.69. The molecule has 0 spiro atoms. The SMILES string of the molecule is CCOC(=O)Cc1ccc(O)c(CI)c1. The Labute approximate surface area is 103 Å². The maximum Gasteiger partial charge on any atom is 0.310 e. The van der Waals surface area contributed by atoms with E-state index in [1.807, 2.05) is 6.07 Å². The zero-order chi connectivity index (χ0) is 11.3. The molecule has 0 aliphatic carbocycles. The van der Waals surface area contributed by atoms with Crippen molar-refractivity contribution in [2.45, 2.75) is 17.8 Å². The van der Waals surface area contributed by atoms with Crippen LogP contribution >= 0.6 is 22.6 Å². The molecule has 0 bridgehead atoms. The van der Waals surface area contributed by atoms with Crippen LogP contribution in [-0.4, -0.2) is 17.7 Å². The van der Waals surface area contributed by atoms with Crippen molar-refractivity contribution < 1.29 is 14.6 Å². The van der Waals surface area contributed by atoms with Crippen molar-refractivity contribution in [3.05, 3.63) is 29.3 Å². The van der Waals surface area contributed by atoms with Crippen LogP contribution in [-0.2, 0) is 20.4 Å². The molecule has 1 rings (SSSR count). The zero-order valence-corrected chi connectivity index (χ0v) is 10.7. The fourth-order valence-corrected chi connectivity index (χ4v) is 1.85. The minimum atomic E-state index is -0.234. The Bertz CT molecular complexity index is 350. The van der Waals surface area contributed by atoms with Gasteiger partial charge in [-0.3, -0.25) is 4.79 Å². The molecule has 1 N–H and O–H groups in total. The molecule has 0 aliphatic heterocycles. The van der Waals surface area contributed by atoms with Crippen LogP contribution in [0.4, 0.5) is 0 Å². The van der Waals surface area contributed by atoms with Crippen LogP contribution in [0, 0.1) is 0 Å². The average Bonchev–Trinajstić information content (AvgIpc) is 2.21. The molecule has 0 amide bonds. The summed E-state index contributed by atoms with van der Waals surface area (Å²) < 4.78 is 5.57. The number of carbonyl (C=O) groups is 1. The highest BCUT2D eigenvalue weighted by molar-refractivity contribution is 14.1. The summed E-state index contributed by atoms with van der Waals surface area (Å²) in [5.74, 6) is 0.0413. The van der Waals surface area contributed by atoms with Gasteiger partial charge in [-0.15, -0.1) is 0 Å². The van der Waals surface area contributed by atoms with Gasteiger partial charge in [0.05, 0.1) is 13.0 Å². The maximum absolute atomic E-state index is 11.2. The molecule has 0 saturated heterocycles. The van der Waals surface area contributed by atoms with E-state index in [0.29, 0.717) is 6.61 Å². The van der Waals surface area contributed by atoms with Gasteiger partial charge in [0, 0.05) is 9.99 Å². The standard InChI is InChI=1S/C11H13IO3/c1-2-15-11(14)6-8-3-4-10(13)9(5-8)7-12/h3-5,13H,2,6-7H2,1H3. The molecule has 0 saturated carbocycles. The molecular weight excluding hydrogens is 307 g/mol. The molecule has 0 radical (unpaired) electrons. The van der Waals surface area contributed by atoms with Crippen molar-refractivity contribution in [1.82, 2.24) is 0 Å². The number of hydrogen-bond donors (Lipinski definition) is 1. The van der Waals surface area contributed by atoms with Crippen LogP contribution in [0.3, 0.4) is 0 Å². The Hall–Kier alpha value is -0.780. The molecule has 0 aliphatic rings. The quantitative estimate of drug-likeness (QED) is 0.527. The van der Waals surface area contributed by atoms with Crippen molar-refractivity contribution >= 4 is 28.6 Å². The van der Waals surface area contributed by atoms with Crippen molar-refractivity contribution in [2.24, 2.45) is 0 Å².